The lowest BCUT2D eigenvalue weighted by molar-refractivity contribution is -0.194. The molecule has 46 nitrogen and oxygen atoms in total. The molecule has 3 aliphatic heterocycles. The van der Waals surface area contributed by atoms with Crippen molar-refractivity contribution in [2.24, 2.45) is 0 Å². The number of nitrogens with zero attached hydrogens (tertiary/aromatic N) is 9. The van der Waals surface area contributed by atoms with Crippen LogP contribution in [-0.4, -0.2) is 394 Å². The molecule has 3 aliphatic rings. The number of amides is 7. The van der Waals surface area contributed by atoms with Crippen LogP contribution in [0.1, 0.15) is 141 Å². The number of unbranched alkanes of at least 4 members (excludes halogenated alkanes) is 7. The third-order valence-electron chi connectivity index (χ3n) is 22.3. The number of aliphatic hydroxyl groups excluding tert-OH is 9. The highest BCUT2D eigenvalue weighted by Crippen LogP contribution is 2.32. The average Bonchev–Trinajstić information content (AvgIpc) is 0.997. The molecule has 16 N–H and O–H groups in total. The fourth-order valence-corrected chi connectivity index (χ4v) is 15.2. The first-order chi connectivity index (χ1) is 65.4. The standard InChI is InChI=1S/C85H135F5N16O30/c1-53(110)94-75-59(133-62(50-107)78(118)81(75)121)44-56-47-104(101-98-56)23-29-127-35-41-130-38-32-124-26-20-91-65(113)14-17-85(97-68(116)12-10-8-6-4-5-7-9-11-13-69(117)136-84-73(89)71(87)70(86)72(88)74(84)90,18-15-66(114)92-21-27-125-33-39-131-42-36-128-30-24-105-48-57(99-102-105)45-60-76(95-54(2)111)82(122)79(119)63(51-108)134-60)19-16-67(115)93-22-28-126-34-40-132-43-37-129-31-25-106-49-58(100-103-106)46-61-77(96-55(3)112)83(123)80(120)64(52-109)135-61/h47-49,59-64,75-83,107-109,118-123H,4-46,50-52H2,1-3H3,(H,91,113)(H,92,114)(H,93,115)(H,94,110)(H,95,111)(H,96,112)(H,97,116)/t59-,60-,61-,62-,63-,64-,75+,76+,77+,78+,79+,80+,81-,82-,83-/m1/s1. The van der Waals surface area contributed by atoms with Crippen molar-refractivity contribution in [3.8, 4) is 5.75 Å². The smallest absolute Gasteiger partial charge is 0.311 e. The molecule has 1 aromatic carbocycles. The number of rotatable bonds is 70. The number of carbonyl (C=O) groups excluding carboxylic acids is 8. The van der Waals surface area contributed by atoms with Crippen molar-refractivity contribution in [2.45, 2.75) is 259 Å². The SMILES string of the molecule is CC(=O)N[C@@H]1[C@@H](O)[C@@H](O)[C@@H](CO)O[C@@H]1Cc1cn(CCOCCOCCOCCNC(=O)CCC(CCC(=O)NCCOCCOCCOCCn2cc(C[C@H]3O[C@H](CO)[C@H](O)[C@H](O)[C@H]3NC(C)=O)nn2)(CCC(=O)NCCOCCOCCOCCn2cc(C[C@H]3O[C@H](CO)[C@H](O)[C@H](O)[C@H]3NC(C)=O)nn2)NC(=O)CCCCCCCCCCC(=O)Oc2c(F)c(F)c(F)c(F)c2F)nn1. The maximum atomic E-state index is 14.2. The summed E-state index contributed by atoms with van der Waals surface area (Å²) in [5.41, 5.74) is 0.106. The summed E-state index contributed by atoms with van der Waals surface area (Å²) in [6.45, 7) is 6.81. The normalized spacial score (nSPS) is 21.8. The number of halogens is 5. The van der Waals surface area contributed by atoms with E-state index in [1.165, 1.54) is 34.8 Å². The topological polar surface area (TPSA) is 615 Å². The van der Waals surface area contributed by atoms with Gasteiger partial charge >= 0.3 is 5.97 Å². The number of ether oxygens (including phenoxy) is 13. The van der Waals surface area contributed by atoms with Crippen molar-refractivity contribution in [1.82, 2.24) is 82.2 Å². The summed E-state index contributed by atoms with van der Waals surface area (Å²) >= 11 is 0. The van der Waals surface area contributed by atoms with E-state index in [2.05, 4.69) is 72.9 Å². The first-order valence-corrected chi connectivity index (χ1v) is 45.8. The van der Waals surface area contributed by atoms with Crippen LogP contribution in [0.4, 0.5) is 22.0 Å². The second-order valence-corrected chi connectivity index (χ2v) is 32.9. The van der Waals surface area contributed by atoms with Gasteiger partial charge in [-0.15, -0.1) is 15.3 Å². The Labute approximate surface area is 782 Å². The molecule has 4 aromatic rings. The van der Waals surface area contributed by atoms with E-state index in [9.17, 15) is 106 Å². The van der Waals surface area contributed by atoms with Gasteiger partial charge in [-0.05, 0) is 32.1 Å². The predicted octanol–water partition coefficient (Wildman–Crippen LogP) is -3.66. The second-order valence-electron chi connectivity index (χ2n) is 32.9. The first-order valence-electron chi connectivity index (χ1n) is 45.8. The van der Waals surface area contributed by atoms with Gasteiger partial charge in [-0.2, -0.15) is 8.78 Å². The van der Waals surface area contributed by atoms with Gasteiger partial charge in [0, 0.05) is 116 Å². The number of nitrogens with one attached hydrogen (secondary N) is 7. The molecular formula is C85H135F5N16O30. The van der Waals surface area contributed by atoms with Crippen LogP contribution < -0.4 is 42.0 Å². The summed E-state index contributed by atoms with van der Waals surface area (Å²) in [7, 11) is 0. The highest BCUT2D eigenvalue weighted by Gasteiger charge is 2.48. The Balaban J connectivity index is 0.856. The lowest BCUT2D eigenvalue weighted by Gasteiger charge is -2.42. The van der Waals surface area contributed by atoms with Crippen molar-refractivity contribution in [2.75, 3.05) is 158 Å². The minimum Gasteiger partial charge on any atom is -0.420 e. The highest BCUT2D eigenvalue weighted by molar-refractivity contribution is 5.80. The van der Waals surface area contributed by atoms with Crippen LogP contribution in [0.5, 0.6) is 5.75 Å². The number of hydrogen-bond donors (Lipinski definition) is 16. The van der Waals surface area contributed by atoms with Crippen molar-refractivity contribution in [3.05, 3.63) is 64.8 Å². The van der Waals surface area contributed by atoms with Gasteiger partial charge in [-0.3, -0.25) is 38.4 Å². The van der Waals surface area contributed by atoms with Gasteiger partial charge in [0.2, 0.25) is 76.2 Å². The Morgan fingerprint density at radius 1 is 0.353 bits per heavy atom. The zero-order valence-corrected chi connectivity index (χ0v) is 76.9. The van der Waals surface area contributed by atoms with Gasteiger partial charge in [0.1, 0.15) is 54.9 Å². The van der Waals surface area contributed by atoms with Crippen molar-refractivity contribution < 1.29 is 168 Å². The second kappa shape index (κ2) is 63.0. The van der Waals surface area contributed by atoms with E-state index in [0.29, 0.717) is 81.7 Å². The lowest BCUT2D eigenvalue weighted by Crippen LogP contribution is -2.64. The Morgan fingerprint density at radius 3 is 0.919 bits per heavy atom. The summed E-state index contributed by atoms with van der Waals surface area (Å²) in [6.07, 6.45) is -5.27. The van der Waals surface area contributed by atoms with Crippen LogP contribution >= 0.6 is 0 Å². The fraction of sp³-hybridized carbons (Fsp3) is 0.765. The molecule has 0 bridgehead atoms. The van der Waals surface area contributed by atoms with Crippen LogP contribution in [0, 0.1) is 29.1 Å². The van der Waals surface area contributed by atoms with Crippen molar-refractivity contribution in [1.29, 1.82) is 0 Å². The molecule has 0 saturated carbocycles. The molecule has 6 heterocycles. The van der Waals surface area contributed by atoms with Crippen LogP contribution in [0.2, 0.25) is 0 Å². The molecule has 770 valence electrons. The van der Waals surface area contributed by atoms with Crippen LogP contribution in [0.15, 0.2) is 18.6 Å². The highest BCUT2D eigenvalue weighted by atomic mass is 19.2. The number of aromatic nitrogens is 9. The van der Waals surface area contributed by atoms with E-state index in [1.54, 1.807) is 18.6 Å². The molecule has 3 fully saturated rings. The molecule has 7 amide bonds. The van der Waals surface area contributed by atoms with Crippen molar-refractivity contribution >= 4 is 47.3 Å². The zero-order chi connectivity index (χ0) is 98.7. The molecule has 0 aliphatic carbocycles. The van der Waals surface area contributed by atoms with E-state index in [4.69, 9.17) is 56.8 Å². The zero-order valence-electron chi connectivity index (χ0n) is 76.9. The fourth-order valence-electron chi connectivity index (χ4n) is 15.2. The Morgan fingerprint density at radius 2 is 0.625 bits per heavy atom. The molecule has 0 unspecified atom stereocenters. The molecule has 136 heavy (non-hydrogen) atoms. The third-order valence-corrected chi connectivity index (χ3v) is 22.3. The number of carbonyl (C=O) groups is 8. The molecular weight excluding hydrogens is 1820 g/mol. The largest absolute Gasteiger partial charge is 0.420 e. The Kier molecular flexibility index (Phi) is 52.9. The number of esters is 1. The monoisotopic (exact) mass is 1950 g/mol. The number of aliphatic hydroxyl groups is 9. The molecule has 51 heteroatoms. The van der Waals surface area contributed by atoms with E-state index < -0.39 is 199 Å². The lowest BCUT2D eigenvalue weighted by atomic mass is 9.82. The summed E-state index contributed by atoms with van der Waals surface area (Å²) in [6, 6.07) is -2.91. The maximum Gasteiger partial charge on any atom is 0.311 e. The number of benzene rings is 1. The van der Waals surface area contributed by atoms with Gasteiger partial charge in [-0.25, -0.2) is 27.2 Å². The molecule has 7 rings (SSSR count). The molecule has 0 radical (unpaired) electrons. The summed E-state index contributed by atoms with van der Waals surface area (Å²) in [4.78, 5) is 103. The first kappa shape index (κ1) is 114. The van der Waals surface area contributed by atoms with E-state index in [0.717, 1.165) is 0 Å². The minimum absolute atomic E-state index is 0.00558. The van der Waals surface area contributed by atoms with Gasteiger partial charge in [0.15, 0.2) is 0 Å². The Hall–Kier alpha value is -8.79. The van der Waals surface area contributed by atoms with Crippen LogP contribution in [-0.2, 0) is 134 Å². The summed E-state index contributed by atoms with van der Waals surface area (Å²) in [5, 5.41) is 136. The molecule has 0 spiro atoms. The molecule has 3 aromatic heterocycles. The minimum atomic E-state index is -2.39. The van der Waals surface area contributed by atoms with Gasteiger partial charge in [0.25, 0.3) is 0 Å². The summed E-state index contributed by atoms with van der Waals surface area (Å²) in [5.74, 6) is -17.3. The van der Waals surface area contributed by atoms with Crippen LogP contribution in [0.3, 0.4) is 0 Å². The Bertz CT molecular complexity index is 3850. The van der Waals surface area contributed by atoms with E-state index in [1.807, 2.05) is 0 Å². The predicted molar refractivity (Wildman–Crippen MR) is 460 cm³/mol. The third kappa shape index (κ3) is 40.9. The van der Waals surface area contributed by atoms with Crippen LogP contribution in [0.25, 0.3) is 0 Å². The molecule has 3 saturated heterocycles. The quantitative estimate of drug-likeness (QED) is 0.00506. The summed E-state index contributed by atoms with van der Waals surface area (Å²) < 4.78 is 147. The van der Waals surface area contributed by atoms with Gasteiger partial charge < -0.3 is 145 Å². The van der Waals surface area contributed by atoms with Gasteiger partial charge in [-0.1, -0.05) is 54.2 Å². The number of hydrogen-bond acceptors (Lipinski definition) is 36. The van der Waals surface area contributed by atoms with E-state index in [-0.39, 0.29) is 216 Å². The van der Waals surface area contributed by atoms with E-state index >= 15 is 0 Å². The molecule has 15 atom stereocenters. The average molecular weight is 1960 g/mol. The van der Waals surface area contributed by atoms with Crippen molar-refractivity contribution in [3.63, 3.8) is 0 Å². The maximum absolute atomic E-state index is 14.2. The van der Waals surface area contributed by atoms with Gasteiger partial charge in [0.05, 0.1) is 212 Å².